The Bertz CT molecular complexity index is 430. The molecule has 3 nitrogen and oxygen atoms in total. The average Bonchev–Trinajstić information content (AvgIpc) is 3.17. The summed E-state index contributed by atoms with van der Waals surface area (Å²) in [5.74, 6) is 1.82. The molecular weight excluding hydrogens is 246 g/mol. The highest BCUT2D eigenvalue weighted by atomic mass is 15.2. The van der Waals surface area contributed by atoms with E-state index in [2.05, 4.69) is 63.0 Å². The summed E-state index contributed by atoms with van der Waals surface area (Å²) in [6.45, 7) is 13.1. The van der Waals surface area contributed by atoms with Gasteiger partial charge in [-0.2, -0.15) is 0 Å². The summed E-state index contributed by atoms with van der Waals surface area (Å²) < 4.78 is 0. The lowest BCUT2D eigenvalue weighted by atomic mass is 10.1. The van der Waals surface area contributed by atoms with Crippen LogP contribution >= 0.6 is 0 Å². The Morgan fingerprint density at radius 2 is 2.00 bits per heavy atom. The van der Waals surface area contributed by atoms with Gasteiger partial charge in [0.15, 0.2) is 0 Å². The Kier molecular flexibility index (Phi) is 4.69. The molecule has 1 aliphatic carbocycles. The minimum Gasteiger partial charge on any atom is -0.353 e. The Hall–Kier alpha value is -1.09. The van der Waals surface area contributed by atoms with Crippen LogP contribution in [-0.4, -0.2) is 23.1 Å². The van der Waals surface area contributed by atoms with Crippen molar-refractivity contribution < 1.29 is 0 Å². The van der Waals surface area contributed by atoms with Crippen molar-refractivity contribution in [1.82, 2.24) is 10.3 Å². The second-order valence-electron chi connectivity index (χ2n) is 7.37. The standard InChI is InChI=1S/C17H29N3/c1-13(2)12-20(15-9-10-15)16-8-6-7-14(19-16)11-18-17(3,4)5/h6-8,13,15,18H,9-12H2,1-5H3. The summed E-state index contributed by atoms with van der Waals surface area (Å²) in [7, 11) is 0. The van der Waals surface area contributed by atoms with Gasteiger partial charge in [-0.15, -0.1) is 0 Å². The van der Waals surface area contributed by atoms with Crippen molar-refractivity contribution in [3.63, 3.8) is 0 Å². The first-order chi connectivity index (χ1) is 9.35. The van der Waals surface area contributed by atoms with E-state index in [1.54, 1.807) is 0 Å². The highest BCUT2D eigenvalue weighted by Gasteiger charge is 2.30. The van der Waals surface area contributed by atoms with Crippen LogP contribution in [0.3, 0.4) is 0 Å². The molecule has 0 spiro atoms. The third-order valence-electron chi connectivity index (χ3n) is 3.44. The fraction of sp³-hybridized carbons (Fsp3) is 0.706. The van der Waals surface area contributed by atoms with Crippen LogP contribution < -0.4 is 10.2 Å². The number of hydrogen-bond donors (Lipinski definition) is 1. The molecule has 0 aromatic carbocycles. The van der Waals surface area contributed by atoms with Gasteiger partial charge in [-0.1, -0.05) is 19.9 Å². The zero-order valence-electron chi connectivity index (χ0n) is 13.6. The zero-order chi connectivity index (χ0) is 14.8. The maximum atomic E-state index is 4.85. The van der Waals surface area contributed by atoms with Crippen molar-refractivity contribution in [1.29, 1.82) is 0 Å². The van der Waals surface area contributed by atoms with Gasteiger partial charge in [0.2, 0.25) is 0 Å². The van der Waals surface area contributed by atoms with Gasteiger partial charge in [0, 0.05) is 24.7 Å². The summed E-state index contributed by atoms with van der Waals surface area (Å²) in [4.78, 5) is 7.35. The van der Waals surface area contributed by atoms with Gasteiger partial charge in [0.05, 0.1) is 5.69 Å². The number of aromatic nitrogens is 1. The van der Waals surface area contributed by atoms with Crippen molar-refractivity contribution in [2.24, 2.45) is 5.92 Å². The van der Waals surface area contributed by atoms with Crippen LogP contribution in [0.4, 0.5) is 5.82 Å². The second-order valence-corrected chi connectivity index (χ2v) is 7.37. The molecule has 2 rings (SSSR count). The summed E-state index contributed by atoms with van der Waals surface area (Å²) in [6, 6.07) is 7.12. The van der Waals surface area contributed by atoms with Crippen LogP contribution in [0.2, 0.25) is 0 Å². The molecule has 0 radical (unpaired) electrons. The van der Waals surface area contributed by atoms with Crippen LogP contribution in [0.1, 0.15) is 53.2 Å². The van der Waals surface area contributed by atoms with E-state index in [1.165, 1.54) is 12.8 Å². The van der Waals surface area contributed by atoms with Crippen LogP contribution in [0.15, 0.2) is 18.2 Å². The molecule has 3 heteroatoms. The lowest BCUT2D eigenvalue weighted by Gasteiger charge is -2.26. The quantitative estimate of drug-likeness (QED) is 0.860. The third-order valence-corrected chi connectivity index (χ3v) is 3.44. The minimum absolute atomic E-state index is 0.131. The summed E-state index contributed by atoms with van der Waals surface area (Å²) >= 11 is 0. The number of nitrogens with one attached hydrogen (secondary N) is 1. The van der Waals surface area contributed by atoms with E-state index in [4.69, 9.17) is 4.98 Å². The van der Waals surface area contributed by atoms with Crippen molar-refractivity contribution >= 4 is 5.82 Å². The molecular formula is C17H29N3. The molecule has 0 atom stereocenters. The van der Waals surface area contributed by atoms with Crippen molar-refractivity contribution in [2.45, 2.75) is 65.6 Å². The first kappa shape index (κ1) is 15.3. The molecule has 20 heavy (non-hydrogen) atoms. The van der Waals surface area contributed by atoms with Crippen LogP contribution in [0, 0.1) is 5.92 Å². The molecule has 0 saturated heterocycles. The van der Waals surface area contributed by atoms with Gasteiger partial charge < -0.3 is 10.2 Å². The number of pyridine rings is 1. The van der Waals surface area contributed by atoms with E-state index in [1.807, 2.05) is 0 Å². The molecule has 1 aromatic rings. The van der Waals surface area contributed by atoms with E-state index in [0.29, 0.717) is 5.92 Å². The van der Waals surface area contributed by atoms with Gasteiger partial charge in [-0.05, 0) is 51.7 Å². The minimum atomic E-state index is 0.131. The lowest BCUT2D eigenvalue weighted by Crippen LogP contribution is -2.35. The molecule has 0 aliphatic heterocycles. The molecule has 1 saturated carbocycles. The number of rotatable bonds is 6. The van der Waals surface area contributed by atoms with E-state index < -0.39 is 0 Å². The fourth-order valence-corrected chi connectivity index (χ4v) is 2.29. The van der Waals surface area contributed by atoms with E-state index in [-0.39, 0.29) is 5.54 Å². The Morgan fingerprint density at radius 1 is 1.30 bits per heavy atom. The fourth-order valence-electron chi connectivity index (χ4n) is 2.29. The average molecular weight is 275 g/mol. The predicted molar refractivity (Wildman–Crippen MR) is 86.0 cm³/mol. The molecule has 1 aromatic heterocycles. The lowest BCUT2D eigenvalue weighted by molar-refractivity contribution is 0.421. The Labute approximate surface area is 123 Å². The SMILES string of the molecule is CC(C)CN(c1cccc(CNC(C)(C)C)n1)C1CC1. The Morgan fingerprint density at radius 3 is 2.55 bits per heavy atom. The van der Waals surface area contributed by atoms with Crippen LogP contribution in [-0.2, 0) is 6.54 Å². The zero-order valence-corrected chi connectivity index (χ0v) is 13.6. The van der Waals surface area contributed by atoms with E-state index >= 15 is 0 Å². The number of nitrogens with zero attached hydrogens (tertiary/aromatic N) is 2. The normalized spacial score (nSPS) is 15.7. The molecule has 0 amide bonds. The summed E-state index contributed by atoms with van der Waals surface area (Å²) in [5.41, 5.74) is 1.26. The van der Waals surface area contributed by atoms with Crippen molar-refractivity contribution in [2.75, 3.05) is 11.4 Å². The highest BCUT2D eigenvalue weighted by molar-refractivity contribution is 5.42. The van der Waals surface area contributed by atoms with E-state index in [0.717, 1.165) is 30.6 Å². The van der Waals surface area contributed by atoms with Crippen LogP contribution in [0.25, 0.3) is 0 Å². The topological polar surface area (TPSA) is 28.2 Å². The summed E-state index contributed by atoms with van der Waals surface area (Å²) in [6.07, 6.45) is 2.64. The van der Waals surface area contributed by atoms with Gasteiger partial charge in [-0.25, -0.2) is 4.98 Å². The molecule has 1 aliphatic rings. The maximum absolute atomic E-state index is 4.85. The number of anilines is 1. The van der Waals surface area contributed by atoms with Crippen LogP contribution in [0.5, 0.6) is 0 Å². The molecule has 112 valence electrons. The second kappa shape index (κ2) is 6.13. The third kappa shape index (κ3) is 4.78. The molecule has 0 unspecified atom stereocenters. The maximum Gasteiger partial charge on any atom is 0.129 e. The van der Waals surface area contributed by atoms with E-state index in [9.17, 15) is 0 Å². The monoisotopic (exact) mass is 275 g/mol. The largest absolute Gasteiger partial charge is 0.353 e. The van der Waals surface area contributed by atoms with Crippen molar-refractivity contribution in [3.8, 4) is 0 Å². The predicted octanol–water partition coefficient (Wildman–Crippen LogP) is 3.59. The molecule has 1 N–H and O–H groups in total. The molecule has 1 heterocycles. The Balaban J connectivity index is 2.07. The highest BCUT2D eigenvalue weighted by Crippen LogP contribution is 2.31. The first-order valence-corrected chi connectivity index (χ1v) is 7.83. The first-order valence-electron chi connectivity index (χ1n) is 7.83. The van der Waals surface area contributed by atoms with Gasteiger partial charge in [0.1, 0.15) is 5.82 Å². The van der Waals surface area contributed by atoms with Crippen molar-refractivity contribution in [3.05, 3.63) is 23.9 Å². The molecule has 0 bridgehead atoms. The van der Waals surface area contributed by atoms with Gasteiger partial charge in [0.25, 0.3) is 0 Å². The van der Waals surface area contributed by atoms with Gasteiger partial charge in [-0.3, -0.25) is 0 Å². The number of hydrogen-bond acceptors (Lipinski definition) is 3. The smallest absolute Gasteiger partial charge is 0.129 e. The molecule has 1 fully saturated rings. The summed E-state index contributed by atoms with van der Waals surface area (Å²) in [5, 5.41) is 3.51. The van der Waals surface area contributed by atoms with Gasteiger partial charge >= 0.3 is 0 Å².